The first-order valence-electron chi connectivity index (χ1n) is 11.1. The predicted octanol–water partition coefficient (Wildman–Crippen LogP) is 3.90. The highest BCUT2D eigenvalue weighted by Crippen LogP contribution is 2.40. The van der Waals surface area contributed by atoms with Gasteiger partial charge >= 0.3 is 0 Å². The molecule has 7 nitrogen and oxygen atoms in total. The molecule has 1 aliphatic carbocycles. The third kappa shape index (κ3) is 4.62. The number of nitrogens with zero attached hydrogens (tertiary/aromatic N) is 3. The van der Waals surface area contributed by atoms with Crippen molar-refractivity contribution >= 4 is 28.5 Å². The molecule has 0 radical (unpaired) electrons. The Labute approximate surface area is 191 Å². The number of nitrogens with one attached hydrogen (secondary N) is 2. The lowest BCUT2D eigenvalue weighted by Gasteiger charge is -2.10. The standard InChI is InChI=1S/C26H25N5O2/c1-27-24(32)13-17-7-11-20(12-8-17)29-26(33)21-14-23(19-9-10-19)30-25-22(21)15-28-31(25)16-18-5-3-2-4-6-18/h2-8,11-12,14-15,19H,9-10,13,16H2,1H3,(H,27,32)(H,29,33). The minimum Gasteiger partial charge on any atom is -0.359 e. The first-order valence-corrected chi connectivity index (χ1v) is 11.1. The lowest BCUT2D eigenvalue weighted by Crippen LogP contribution is -2.19. The maximum atomic E-state index is 13.3. The summed E-state index contributed by atoms with van der Waals surface area (Å²) in [7, 11) is 1.62. The van der Waals surface area contributed by atoms with Gasteiger partial charge in [0, 0.05) is 24.3 Å². The van der Waals surface area contributed by atoms with Crippen LogP contribution in [0.4, 0.5) is 5.69 Å². The highest BCUT2D eigenvalue weighted by Gasteiger charge is 2.28. The molecule has 2 aromatic heterocycles. The number of carbonyl (C=O) groups excluding carboxylic acids is 2. The van der Waals surface area contributed by atoms with Crippen LogP contribution in [0, 0.1) is 0 Å². The van der Waals surface area contributed by atoms with Gasteiger partial charge in [-0.1, -0.05) is 42.5 Å². The quantitative estimate of drug-likeness (QED) is 0.457. The van der Waals surface area contributed by atoms with E-state index >= 15 is 0 Å². The van der Waals surface area contributed by atoms with Crippen LogP contribution < -0.4 is 10.6 Å². The molecule has 7 heteroatoms. The zero-order valence-corrected chi connectivity index (χ0v) is 18.4. The molecule has 1 saturated carbocycles. The van der Waals surface area contributed by atoms with Crippen LogP contribution in [0.5, 0.6) is 0 Å². The van der Waals surface area contributed by atoms with Crippen LogP contribution in [0.3, 0.4) is 0 Å². The van der Waals surface area contributed by atoms with E-state index in [0.717, 1.165) is 40.7 Å². The summed E-state index contributed by atoms with van der Waals surface area (Å²) in [5.74, 6) is 0.165. The first-order chi connectivity index (χ1) is 16.1. The SMILES string of the molecule is CNC(=O)Cc1ccc(NC(=O)c2cc(C3CC3)nc3c2cnn3Cc2ccccc2)cc1. The number of carbonyl (C=O) groups is 2. The molecule has 2 heterocycles. The number of amides is 2. The number of hydrogen-bond donors (Lipinski definition) is 2. The summed E-state index contributed by atoms with van der Waals surface area (Å²) < 4.78 is 1.86. The Bertz CT molecular complexity index is 1310. The van der Waals surface area contributed by atoms with Crippen molar-refractivity contribution in [3.05, 3.63) is 89.2 Å². The summed E-state index contributed by atoms with van der Waals surface area (Å²) in [5, 5.41) is 10.9. The van der Waals surface area contributed by atoms with Gasteiger partial charge < -0.3 is 10.6 Å². The van der Waals surface area contributed by atoms with Crippen molar-refractivity contribution in [2.45, 2.75) is 31.7 Å². The van der Waals surface area contributed by atoms with Gasteiger partial charge in [-0.25, -0.2) is 9.67 Å². The number of fused-ring (bicyclic) bond motifs is 1. The summed E-state index contributed by atoms with van der Waals surface area (Å²) in [6.07, 6.45) is 4.22. The monoisotopic (exact) mass is 439 g/mol. The van der Waals surface area contributed by atoms with E-state index in [4.69, 9.17) is 4.98 Å². The predicted molar refractivity (Wildman–Crippen MR) is 127 cm³/mol. The van der Waals surface area contributed by atoms with Gasteiger partial charge in [0.1, 0.15) is 0 Å². The van der Waals surface area contributed by atoms with E-state index in [1.54, 1.807) is 13.2 Å². The van der Waals surface area contributed by atoms with Gasteiger partial charge in [0.15, 0.2) is 5.65 Å². The van der Waals surface area contributed by atoms with Crippen molar-refractivity contribution in [2.75, 3.05) is 12.4 Å². The molecule has 166 valence electrons. The number of aromatic nitrogens is 3. The maximum absolute atomic E-state index is 13.3. The van der Waals surface area contributed by atoms with Crippen molar-refractivity contribution in [1.29, 1.82) is 0 Å². The third-order valence-corrected chi connectivity index (χ3v) is 5.90. The first kappa shape index (κ1) is 20.9. The summed E-state index contributed by atoms with van der Waals surface area (Å²) in [5.41, 5.74) is 4.95. The van der Waals surface area contributed by atoms with E-state index in [2.05, 4.69) is 27.9 Å². The molecule has 0 aliphatic heterocycles. The van der Waals surface area contributed by atoms with Gasteiger partial charge in [0.25, 0.3) is 5.91 Å². The van der Waals surface area contributed by atoms with Crippen LogP contribution in [-0.4, -0.2) is 33.6 Å². The fourth-order valence-corrected chi connectivity index (χ4v) is 3.89. The molecule has 5 rings (SSSR count). The van der Waals surface area contributed by atoms with Crippen molar-refractivity contribution in [3.63, 3.8) is 0 Å². The maximum Gasteiger partial charge on any atom is 0.256 e. The smallest absolute Gasteiger partial charge is 0.256 e. The minimum absolute atomic E-state index is 0.0499. The fourth-order valence-electron chi connectivity index (χ4n) is 3.89. The Hall–Kier alpha value is -4.00. The van der Waals surface area contributed by atoms with Crippen LogP contribution >= 0.6 is 0 Å². The highest BCUT2D eigenvalue weighted by atomic mass is 16.2. The molecule has 33 heavy (non-hydrogen) atoms. The second-order valence-corrected chi connectivity index (χ2v) is 8.40. The molecule has 4 aromatic rings. The van der Waals surface area contributed by atoms with Crippen molar-refractivity contribution in [3.8, 4) is 0 Å². The van der Waals surface area contributed by atoms with Gasteiger partial charge in [0.05, 0.1) is 30.1 Å². The van der Waals surface area contributed by atoms with Crippen LogP contribution in [0.2, 0.25) is 0 Å². The Morgan fingerprint density at radius 3 is 2.48 bits per heavy atom. The lowest BCUT2D eigenvalue weighted by atomic mass is 10.1. The van der Waals surface area contributed by atoms with Crippen molar-refractivity contribution < 1.29 is 9.59 Å². The van der Waals surface area contributed by atoms with Gasteiger partial charge in [0.2, 0.25) is 5.91 Å². The minimum atomic E-state index is -0.192. The zero-order valence-electron chi connectivity index (χ0n) is 18.4. The third-order valence-electron chi connectivity index (χ3n) is 5.90. The van der Waals surface area contributed by atoms with E-state index in [-0.39, 0.29) is 11.8 Å². The molecule has 2 N–H and O–H groups in total. The Kier molecular flexibility index (Phi) is 5.60. The highest BCUT2D eigenvalue weighted by molar-refractivity contribution is 6.12. The van der Waals surface area contributed by atoms with Gasteiger partial charge in [-0.2, -0.15) is 5.10 Å². The number of pyridine rings is 1. The molecular formula is C26H25N5O2. The number of anilines is 1. The lowest BCUT2D eigenvalue weighted by molar-refractivity contribution is -0.119. The number of likely N-dealkylation sites (N-methyl/N-ethyl adjacent to an activating group) is 1. The molecule has 1 aliphatic rings. The Balaban J connectivity index is 1.43. The second kappa shape index (κ2) is 8.86. The van der Waals surface area contributed by atoms with Crippen LogP contribution in [0.1, 0.15) is 45.9 Å². The number of rotatable bonds is 7. The normalized spacial score (nSPS) is 13.1. The van der Waals surface area contributed by atoms with Crippen LogP contribution in [0.25, 0.3) is 11.0 Å². The van der Waals surface area contributed by atoms with Crippen molar-refractivity contribution in [2.24, 2.45) is 0 Å². The van der Waals surface area contributed by atoms with Gasteiger partial charge in [-0.05, 0) is 42.2 Å². The van der Waals surface area contributed by atoms with Crippen LogP contribution in [0.15, 0.2) is 66.9 Å². The average molecular weight is 440 g/mol. The number of hydrogen-bond acceptors (Lipinski definition) is 4. The number of benzene rings is 2. The zero-order chi connectivity index (χ0) is 22.8. The van der Waals surface area contributed by atoms with E-state index in [9.17, 15) is 9.59 Å². The Morgan fingerprint density at radius 1 is 1.03 bits per heavy atom. The molecule has 0 bridgehead atoms. The molecule has 1 fully saturated rings. The molecule has 2 amide bonds. The van der Waals surface area contributed by atoms with Gasteiger partial charge in [-0.15, -0.1) is 0 Å². The summed E-state index contributed by atoms with van der Waals surface area (Å²) in [4.78, 5) is 29.7. The van der Waals surface area contributed by atoms with Crippen LogP contribution in [-0.2, 0) is 17.8 Å². The second-order valence-electron chi connectivity index (χ2n) is 8.40. The van der Waals surface area contributed by atoms with E-state index < -0.39 is 0 Å². The fraction of sp³-hybridized carbons (Fsp3) is 0.231. The van der Waals surface area contributed by atoms with E-state index in [0.29, 0.717) is 30.1 Å². The largest absolute Gasteiger partial charge is 0.359 e. The summed E-state index contributed by atoms with van der Waals surface area (Å²) >= 11 is 0. The topological polar surface area (TPSA) is 88.9 Å². The molecule has 0 spiro atoms. The molecule has 2 aromatic carbocycles. The summed E-state index contributed by atoms with van der Waals surface area (Å²) in [6.45, 7) is 0.597. The molecular weight excluding hydrogens is 414 g/mol. The molecule has 0 saturated heterocycles. The van der Waals surface area contributed by atoms with Gasteiger partial charge in [-0.3, -0.25) is 9.59 Å². The van der Waals surface area contributed by atoms with E-state index in [1.165, 1.54) is 0 Å². The molecule has 0 atom stereocenters. The summed E-state index contributed by atoms with van der Waals surface area (Å²) in [6, 6.07) is 19.3. The Morgan fingerprint density at radius 2 is 1.79 bits per heavy atom. The van der Waals surface area contributed by atoms with Crippen molar-refractivity contribution in [1.82, 2.24) is 20.1 Å². The molecule has 0 unspecified atom stereocenters. The average Bonchev–Trinajstić information content (AvgIpc) is 3.62. The van der Waals surface area contributed by atoms with E-state index in [1.807, 2.05) is 53.2 Å².